The third-order valence-electron chi connectivity index (χ3n) is 3.99. The van der Waals surface area contributed by atoms with Gasteiger partial charge in [-0.3, -0.25) is 9.59 Å². The van der Waals surface area contributed by atoms with Crippen LogP contribution >= 0.6 is 0 Å². The van der Waals surface area contributed by atoms with Crippen molar-refractivity contribution in [3.05, 3.63) is 72.5 Å². The highest BCUT2D eigenvalue weighted by molar-refractivity contribution is 6.04. The van der Waals surface area contributed by atoms with E-state index in [2.05, 4.69) is 20.8 Å². The van der Waals surface area contributed by atoms with Gasteiger partial charge in [-0.15, -0.1) is 10.2 Å². The minimum atomic E-state index is -0.279. The van der Waals surface area contributed by atoms with Crippen molar-refractivity contribution in [3.63, 3.8) is 0 Å². The molecule has 0 spiro atoms. The standard InChI is InChI=1S/C21H16N4O4/c1-13(26)22-16-9-7-14(8-10-16)19(27)23-17-5-2-4-15(12-17)20-24-25-21(29-20)18-6-3-11-28-18/h2-12H,1H3,(H,22,26)(H,23,27). The van der Waals surface area contributed by atoms with E-state index in [0.717, 1.165) is 0 Å². The van der Waals surface area contributed by atoms with Gasteiger partial charge in [-0.25, -0.2) is 0 Å². The molecule has 0 bridgehead atoms. The van der Waals surface area contributed by atoms with Gasteiger partial charge in [0.25, 0.3) is 11.8 Å². The van der Waals surface area contributed by atoms with Crippen molar-refractivity contribution in [2.45, 2.75) is 6.92 Å². The summed E-state index contributed by atoms with van der Waals surface area (Å²) in [6.45, 7) is 1.43. The summed E-state index contributed by atoms with van der Waals surface area (Å²) in [5, 5.41) is 13.5. The van der Waals surface area contributed by atoms with Gasteiger partial charge in [0.2, 0.25) is 11.8 Å². The highest BCUT2D eigenvalue weighted by Gasteiger charge is 2.13. The number of nitrogens with zero attached hydrogens (tertiary/aromatic N) is 2. The zero-order valence-electron chi connectivity index (χ0n) is 15.4. The number of amides is 2. The Morgan fingerprint density at radius 1 is 0.862 bits per heavy atom. The molecule has 4 rings (SSSR count). The number of hydrogen-bond donors (Lipinski definition) is 2. The molecule has 2 aromatic heterocycles. The minimum Gasteiger partial charge on any atom is -0.459 e. The van der Waals surface area contributed by atoms with E-state index < -0.39 is 0 Å². The first-order valence-corrected chi connectivity index (χ1v) is 8.75. The number of aromatic nitrogens is 2. The van der Waals surface area contributed by atoms with Crippen LogP contribution in [0.4, 0.5) is 11.4 Å². The van der Waals surface area contributed by atoms with Crippen LogP contribution in [0.15, 0.2) is 75.8 Å². The Morgan fingerprint density at radius 2 is 1.66 bits per heavy atom. The van der Waals surface area contributed by atoms with E-state index in [1.165, 1.54) is 13.2 Å². The van der Waals surface area contributed by atoms with E-state index in [-0.39, 0.29) is 17.7 Å². The lowest BCUT2D eigenvalue weighted by molar-refractivity contribution is -0.114. The molecule has 2 heterocycles. The summed E-state index contributed by atoms with van der Waals surface area (Å²) in [6.07, 6.45) is 1.53. The second-order valence-electron chi connectivity index (χ2n) is 6.18. The normalized spacial score (nSPS) is 10.5. The number of nitrogens with one attached hydrogen (secondary N) is 2. The minimum absolute atomic E-state index is 0.171. The van der Waals surface area contributed by atoms with Crippen molar-refractivity contribution in [1.82, 2.24) is 10.2 Å². The molecule has 0 aliphatic heterocycles. The Balaban J connectivity index is 1.49. The van der Waals surface area contributed by atoms with Gasteiger partial charge < -0.3 is 19.5 Å². The first-order chi connectivity index (χ1) is 14.1. The molecule has 144 valence electrons. The van der Waals surface area contributed by atoms with Crippen LogP contribution in [0.25, 0.3) is 23.1 Å². The fourth-order valence-electron chi connectivity index (χ4n) is 2.68. The van der Waals surface area contributed by atoms with E-state index in [1.54, 1.807) is 60.7 Å². The third kappa shape index (κ3) is 4.22. The zero-order valence-corrected chi connectivity index (χ0v) is 15.4. The highest BCUT2D eigenvalue weighted by atomic mass is 16.4. The van der Waals surface area contributed by atoms with Crippen LogP contribution in [-0.2, 0) is 4.79 Å². The zero-order chi connectivity index (χ0) is 20.2. The molecular formula is C21H16N4O4. The number of rotatable bonds is 5. The maximum atomic E-state index is 12.5. The van der Waals surface area contributed by atoms with Crippen molar-refractivity contribution in [2.75, 3.05) is 10.6 Å². The van der Waals surface area contributed by atoms with E-state index in [9.17, 15) is 9.59 Å². The third-order valence-corrected chi connectivity index (χ3v) is 3.99. The largest absolute Gasteiger partial charge is 0.459 e. The lowest BCUT2D eigenvalue weighted by Crippen LogP contribution is -2.12. The van der Waals surface area contributed by atoms with E-state index in [1.807, 2.05) is 0 Å². The lowest BCUT2D eigenvalue weighted by atomic mass is 10.1. The Hall–Kier alpha value is -4.20. The number of anilines is 2. The number of carbonyl (C=O) groups is 2. The van der Waals surface area contributed by atoms with Crippen LogP contribution < -0.4 is 10.6 Å². The predicted octanol–water partition coefficient (Wildman–Crippen LogP) is 4.21. The Kier molecular flexibility index (Phi) is 4.90. The summed E-state index contributed by atoms with van der Waals surface area (Å²) in [6, 6.07) is 17.2. The topological polar surface area (TPSA) is 110 Å². The summed E-state index contributed by atoms with van der Waals surface area (Å²) < 4.78 is 10.9. The summed E-state index contributed by atoms with van der Waals surface area (Å²) in [5.74, 6) is 0.621. The summed E-state index contributed by atoms with van der Waals surface area (Å²) in [7, 11) is 0. The number of benzene rings is 2. The first kappa shape index (κ1) is 18.2. The van der Waals surface area contributed by atoms with Gasteiger partial charge in [0, 0.05) is 29.4 Å². The van der Waals surface area contributed by atoms with Gasteiger partial charge in [0.05, 0.1) is 6.26 Å². The molecule has 8 heteroatoms. The summed E-state index contributed by atoms with van der Waals surface area (Å²) in [5.41, 5.74) is 2.33. The first-order valence-electron chi connectivity index (χ1n) is 8.75. The van der Waals surface area contributed by atoms with Gasteiger partial charge >= 0.3 is 0 Å². The molecule has 4 aromatic rings. The molecule has 0 fully saturated rings. The molecule has 0 aliphatic rings. The number of carbonyl (C=O) groups excluding carboxylic acids is 2. The molecule has 29 heavy (non-hydrogen) atoms. The van der Waals surface area contributed by atoms with E-state index in [4.69, 9.17) is 8.83 Å². The average Bonchev–Trinajstić information content (AvgIpc) is 3.40. The highest BCUT2D eigenvalue weighted by Crippen LogP contribution is 2.26. The molecule has 8 nitrogen and oxygen atoms in total. The van der Waals surface area contributed by atoms with Gasteiger partial charge in [-0.05, 0) is 54.6 Å². The molecule has 0 aliphatic carbocycles. The smallest absolute Gasteiger partial charge is 0.283 e. The molecule has 2 amide bonds. The summed E-state index contributed by atoms with van der Waals surface area (Å²) in [4.78, 5) is 23.6. The number of hydrogen-bond acceptors (Lipinski definition) is 6. The van der Waals surface area contributed by atoms with Gasteiger partial charge in [0.15, 0.2) is 5.76 Å². The Morgan fingerprint density at radius 3 is 2.38 bits per heavy atom. The Bertz CT molecular complexity index is 1150. The molecule has 0 radical (unpaired) electrons. The van der Waals surface area contributed by atoms with Crippen LogP contribution in [0.1, 0.15) is 17.3 Å². The lowest BCUT2D eigenvalue weighted by Gasteiger charge is -2.07. The van der Waals surface area contributed by atoms with Crippen LogP contribution in [0.2, 0.25) is 0 Å². The Labute approximate surface area is 165 Å². The van der Waals surface area contributed by atoms with E-state index >= 15 is 0 Å². The maximum Gasteiger partial charge on any atom is 0.283 e. The molecule has 0 saturated heterocycles. The number of furan rings is 1. The van der Waals surface area contributed by atoms with Crippen molar-refractivity contribution in [2.24, 2.45) is 0 Å². The van der Waals surface area contributed by atoms with Crippen molar-refractivity contribution in [1.29, 1.82) is 0 Å². The van der Waals surface area contributed by atoms with Crippen molar-refractivity contribution in [3.8, 4) is 23.1 Å². The second-order valence-corrected chi connectivity index (χ2v) is 6.18. The molecule has 0 unspecified atom stereocenters. The molecule has 2 aromatic carbocycles. The molecule has 0 saturated carbocycles. The molecule has 2 N–H and O–H groups in total. The van der Waals surface area contributed by atoms with Gasteiger partial charge in [0.1, 0.15) is 0 Å². The van der Waals surface area contributed by atoms with Crippen molar-refractivity contribution < 1.29 is 18.4 Å². The fourth-order valence-corrected chi connectivity index (χ4v) is 2.68. The van der Waals surface area contributed by atoms with Crippen LogP contribution in [0.3, 0.4) is 0 Å². The molecule has 0 atom stereocenters. The average molecular weight is 388 g/mol. The van der Waals surface area contributed by atoms with Crippen LogP contribution in [0.5, 0.6) is 0 Å². The van der Waals surface area contributed by atoms with Crippen molar-refractivity contribution >= 4 is 23.2 Å². The van der Waals surface area contributed by atoms with E-state index in [0.29, 0.717) is 34.2 Å². The van der Waals surface area contributed by atoms with Crippen LogP contribution in [-0.4, -0.2) is 22.0 Å². The van der Waals surface area contributed by atoms with Crippen LogP contribution in [0, 0.1) is 0 Å². The predicted molar refractivity (Wildman–Crippen MR) is 106 cm³/mol. The quantitative estimate of drug-likeness (QED) is 0.530. The second kappa shape index (κ2) is 7.81. The van der Waals surface area contributed by atoms with Gasteiger partial charge in [-0.2, -0.15) is 0 Å². The fraction of sp³-hybridized carbons (Fsp3) is 0.0476. The molecular weight excluding hydrogens is 372 g/mol. The summed E-state index contributed by atoms with van der Waals surface area (Å²) >= 11 is 0. The monoisotopic (exact) mass is 388 g/mol. The van der Waals surface area contributed by atoms with Gasteiger partial charge in [-0.1, -0.05) is 6.07 Å². The maximum absolute atomic E-state index is 12.5. The SMILES string of the molecule is CC(=O)Nc1ccc(C(=O)Nc2cccc(-c3nnc(-c4ccco4)o3)c2)cc1.